The maximum absolute atomic E-state index is 4.85. The maximum Gasteiger partial charge on any atom is 0.181 e. The number of aromatic nitrogens is 21. The van der Waals surface area contributed by atoms with Gasteiger partial charge in [0.25, 0.3) is 0 Å². The van der Waals surface area contributed by atoms with Crippen molar-refractivity contribution >= 4 is 34.2 Å². The van der Waals surface area contributed by atoms with Crippen molar-refractivity contribution in [1.82, 2.24) is 106 Å². The number of nitrogens with zero attached hydrogens (tertiary/aromatic N) is 18. The normalized spacial score (nSPS) is 8.01. The molecule has 10 heterocycles. The van der Waals surface area contributed by atoms with Gasteiger partial charge < -0.3 is 8.83 Å². The van der Waals surface area contributed by atoms with E-state index in [1.165, 1.54) is 38.9 Å². The van der Waals surface area contributed by atoms with E-state index in [-0.39, 0.29) is 22.3 Å². The van der Waals surface area contributed by atoms with Gasteiger partial charge in [-0.25, -0.2) is 24.9 Å². The third kappa shape index (κ3) is 53.8. The van der Waals surface area contributed by atoms with Gasteiger partial charge in [0, 0.05) is 30.0 Å². The fraction of sp³-hybridized carbons (Fsp3) is 0.538. The fourth-order valence-corrected chi connectivity index (χ4v) is 4.83. The molecule has 23 nitrogen and oxygen atoms in total. The molecular weight excluding hydrogens is 1050 g/mol. The zero-order valence-corrected chi connectivity index (χ0v) is 51.9. The molecule has 0 amide bonds. The van der Waals surface area contributed by atoms with Crippen LogP contribution in [0.3, 0.4) is 0 Å². The Hall–Kier alpha value is -7.06. The lowest BCUT2D eigenvalue weighted by Crippen LogP contribution is -1.89. The van der Waals surface area contributed by atoms with Gasteiger partial charge in [0.15, 0.2) is 12.8 Å². The first-order valence-electron chi connectivity index (χ1n) is 24.3. The average molecular weight is 1150 g/mol. The summed E-state index contributed by atoms with van der Waals surface area (Å²) in [6.45, 7) is 45.3. The second-order valence-corrected chi connectivity index (χ2v) is 15.8. The molecule has 0 aliphatic heterocycles. The van der Waals surface area contributed by atoms with Crippen molar-refractivity contribution in [3.8, 4) is 0 Å². The van der Waals surface area contributed by atoms with Crippen LogP contribution in [-0.2, 0) is 14.1 Å². The van der Waals surface area contributed by atoms with E-state index in [1.807, 2.05) is 163 Å². The van der Waals surface area contributed by atoms with Crippen LogP contribution in [-0.4, -0.2) is 106 Å². The molecule has 10 aromatic rings. The number of hydrogen-bond donors (Lipinski definition) is 3. The highest BCUT2D eigenvalue weighted by atomic mass is 32.1. The number of aromatic amines is 3. The zero-order valence-electron chi connectivity index (χ0n) is 49.4. The predicted octanol–water partition coefficient (Wildman–Crippen LogP) is 14.3. The van der Waals surface area contributed by atoms with E-state index in [2.05, 4.69) is 110 Å². The highest BCUT2D eigenvalue weighted by Gasteiger charge is 1.93. The minimum absolute atomic E-state index is 0. The highest BCUT2D eigenvalue weighted by molar-refractivity contribution is 7.09. The Bertz CT molecular complexity index is 2100. The van der Waals surface area contributed by atoms with E-state index in [9.17, 15) is 0 Å². The molecule has 0 unspecified atom stereocenters. The molecule has 10 rings (SSSR count). The third-order valence-electron chi connectivity index (χ3n) is 7.25. The van der Waals surface area contributed by atoms with Crippen LogP contribution < -0.4 is 0 Å². The van der Waals surface area contributed by atoms with Gasteiger partial charge >= 0.3 is 0 Å². The monoisotopic (exact) mass is 1150 g/mol. The number of oxazole rings is 2. The van der Waals surface area contributed by atoms with Crippen LogP contribution in [0.2, 0.25) is 0 Å². The maximum atomic E-state index is 4.85. The van der Waals surface area contributed by atoms with Crippen LogP contribution >= 0.6 is 34.2 Å². The molecule has 0 radical (unpaired) electrons. The molecule has 0 atom stereocenters. The van der Waals surface area contributed by atoms with Gasteiger partial charge in [-0.2, -0.15) is 65.6 Å². The largest absolute Gasteiger partial charge is 0.449 e. The molecule has 0 aromatic carbocycles. The minimum Gasteiger partial charge on any atom is -0.449 e. The summed E-state index contributed by atoms with van der Waals surface area (Å²) in [5, 5.41) is 44.7. The van der Waals surface area contributed by atoms with Crippen LogP contribution in [0, 0.1) is 90.0 Å². The van der Waals surface area contributed by atoms with Crippen molar-refractivity contribution in [2.75, 3.05) is 0 Å². The summed E-state index contributed by atoms with van der Waals surface area (Å²) in [4.78, 5) is 23.9. The molecule has 0 aliphatic carbocycles. The van der Waals surface area contributed by atoms with Gasteiger partial charge in [-0.05, 0) is 102 Å². The molecule has 0 bridgehead atoms. The van der Waals surface area contributed by atoms with Crippen LogP contribution in [0.5, 0.6) is 0 Å². The molecule has 10 aromatic heterocycles. The molecule has 0 spiro atoms. The number of nitrogens with one attached hydrogen (secondary N) is 3. The first-order chi connectivity index (χ1) is 36.0. The van der Waals surface area contributed by atoms with Crippen molar-refractivity contribution < 1.29 is 8.83 Å². The molecule has 0 saturated carbocycles. The van der Waals surface area contributed by atoms with Gasteiger partial charge in [0.1, 0.15) is 22.4 Å². The SMILES string of the molecule is C.C.C.CC.CC.CC.CC.CC.Cc1cn[nH]n1.Cc1cn[nH]n1.Cc1cn[nH]n1.Cc1ncoc1C.Cc1ncoc1C.Cc1ncsc1C.Cc1ncsc1C.Cc1nsc(C)n1.Cn1ccnn1.Cn1nccn1. The van der Waals surface area contributed by atoms with E-state index in [1.54, 1.807) is 77.8 Å². The quantitative estimate of drug-likeness (QED) is 0.127. The Balaban J connectivity index is -0.000000114. The highest BCUT2D eigenvalue weighted by Crippen LogP contribution is 2.08. The molecule has 0 saturated heterocycles. The van der Waals surface area contributed by atoms with Crippen molar-refractivity contribution in [3.63, 3.8) is 0 Å². The molecule has 3 N–H and O–H groups in total. The first kappa shape index (κ1) is 87.6. The molecule has 26 heteroatoms. The van der Waals surface area contributed by atoms with Crippen LogP contribution in [0.15, 0.2) is 76.0 Å². The van der Waals surface area contributed by atoms with E-state index in [4.69, 9.17) is 8.83 Å². The zero-order chi connectivity index (χ0) is 58.4. The van der Waals surface area contributed by atoms with Gasteiger partial charge in [-0.3, -0.25) is 4.68 Å². The summed E-state index contributed by atoms with van der Waals surface area (Å²) in [5.74, 6) is 2.68. The second kappa shape index (κ2) is 62.5. The van der Waals surface area contributed by atoms with Crippen LogP contribution in [0.4, 0.5) is 0 Å². The van der Waals surface area contributed by atoms with Gasteiger partial charge in [0.05, 0.1) is 88.1 Å². The lowest BCUT2D eigenvalue weighted by molar-refractivity contribution is 0.525. The molecule has 78 heavy (non-hydrogen) atoms. The van der Waals surface area contributed by atoms with Gasteiger partial charge in [-0.15, -0.1) is 27.8 Å². The molecule has 444 valence electrons. The standard InChI is InChI=1S/2C5H7NO.2C5H7NS.C4H6N2S.5C3H5N3.5C2H6.3CH4/c4*1-4-5(2)7-3-6-4;1-3-5-4(2)7-6-3;1-6-3-2-4-5-6;1-6-4-2-3-5-6;3*1-3-2-4-6-5-3;5*1-2;;;/h4*3H,1-2H3;1-2H3;2*2-3H,1H3;3*2H,1H3,(H,4,5,6);5*1-2H3;3*1H4. The third-order valence-corrected chi connectivity index (χ3v) is 9.68. The summed E-state index contributed by atoms with van der Waals surface area (Å²) >= 11 is 4.83. The second-order valence-electron chi connectivity index (χ2n) is 12.8. The Labute approximate surface area is 481 Å². The van der Waals surface area contributed by atoms with Gasteiger partial charge in [0.2, 0.25) is 0 Å². The molecule has 0 fully saturated rings. The summed E-state index contributed by atoms with van der Waals surface area (Å²) < 4.78 is 15.3. The fourth-order valence-electron chi connectivity index (χ4n) is 3.17. The smallest absolute Gasteiger partial charge is 0.181 e. The van der Waals surface area contributed by atoms with E-state index in [0.29, 0.717) is 0 Å². The first-order valence-corrected chi connectivity index (χ1v) is 26.8. The Morgan fingerprint density at radius 2 is 0.833 bits per heavy atom. The Kier molecular flexibility index (Phi) is 70.2. The van der Waals surface area contributed by atoms with Crippen molar-refractivity contribution in [2.45, 2.75) is 182 Å². The van der Waals surface area contributed by atoms with E-state index < -0.39 is 0 Å². The summed E-state index contributed by atoms with van der Waals surface area (Å²) in [5.41, 5.74) is 10.8. The lowest BCUT2D eigenvalue weighted by atomic mass is 10.4. The molecular formula is C52H101N21O2S3. The summed E-state index contributed by atoms with van der Waals surface area (Å²) in [6, 6.07) is 0. The molecule has 0 aliphatic rings. The lowest BCUT2D eigenvalue weighted by Gasteiger charge is -1.77. The number of rotatable bonds is 0. The Morgan fingerprint density at radius 3 is 0.910 bits per heavy atom. The van der Waals surface area contributed by atoms with Gasteiger partial charge in [-0.1, -0.05) is 96.7 Å². The number of H-pyrrole nitrogens is 3. The van der Waals surface area contributed by atoms with E-state index in [0.717, 1.165) is 62.2 Å². The van der Waals surface area contributed by atoms with Crippen LogP contribution in [0.25, 0.3) is 0 Å². The van der Waals surface area contributed by atoms with Crippen LogP contribution in [0.1, 0.15) is 163 Å². The number of aryl methyl sites for hydroxylation is 15. The average Bonchev–Trinajstić information content (AvgIpc) is 4.24. The summed E-state index contributed by atoms with van der Waals surface area (Å²) in [6.07, 6.45) is 14.6. The summed E-state index contributed by atoms with van der Waals surface area (Å²) in [7, 11) is 3.60. The van der Waals surface area contributed by atoms with Crippen molar-refractivity contribution in [1.29, 1.82) is 0 Å². The predicted molar refractivity (Wildman–Crippen MR) is 327 cm³/mol. The number of hydrogen-bond acceptors (Lipinski definition) is 21. The van der Waals surface area contributed by atoms with Crippen molar-refractivity contribution in [2.24, 2.45) is 14.1 Å². The van der Waals surface area contributed by atoms with E-state index >= 15 is 0 Å². The topological polar surface area (TPSA) is 290 Å². The Morgan fingerprint density at radius 1 is 0.474 bits per heavy atom. The van der Waals surface area contributed by atoms with Crippen molar-refractivity contribution in [3.05, 3.63) is 139 Å². The number of thiazole rings is 2. The minimum atomic E-state index is 0.